The molecule has 0 spiro atoms. The van der Waals surface area contributed by atoms with Crippen LogP contribution in [0.5, 0.6) is 0 Å². The van der Waals surface area contributed by atoms with Crippen molar-refractivity contribution < 1.29 is 86.9 Å². The first-order valence-electron chi connectivity index (χ1n) is 0. The Balaban J connectivity index is 0. The minimum atomic E-state index is 0. The molecule has 0 aliphatic rings. The van der Waals surface area contributed by atoms with Gasteiger partial charge in [-0.15, -0.1) is 0 Å². The summed E-state index contributed by atoms with van der Waals surface area (Å²) >= 11 is 0. The summed E-state index contributed by atoms with van der Waals surface area (Å²) in [5.74, 6) is 0. The summed E-state index contributed by atoms with van der Waals surface area (Å²) in [5, 5.41) is 0. The quantitative estimate of drug-likeness (QED) is 0.488. The molecule has 5 heavy (non-hydrogen) atoms. The molecule has 0 aliphatic heterocycles. The molecule has 0 aliphatic carbocycles. The normalized spacial score (nSPS) is 0. The number of hydrogen-bond acceptors (Lipinski definition) is 0. The van der Waals surface area contributed by atoms with Crippen molar-refractivity contribution in [1.29, 1.82) is 0 Å². The van der Waals surface area contributed by atoms with E-state index in [0.717, 1.165) is 0 Å². The number of rotatable bonds is 0. The third-order valence-corrected chi connectivity index (χ3v) is 0. The summed E-state index contributed by atoms with van der Waals surface area (Å²) in [7, 11) is 0. The standard InChI is InChI=1S/Pb.4Ti. The summed E-state index contributed by atoms with van der Waals surface area (Å²) in [4.78, 5) is 0. The topological polar surface area (TPSA) is 0 Å². The Kier molecular flexibility index (Phi) is 186. The van der Waals surface area contributed by atoms with Crippen molar-refractivity contribution in [3.63, 3.8) is 0 Å². The van der Waals surface area contributed by atoms with E-state index in [2.05, 4.69) is 0 Å². The molecule has 0 aromatic heterocycles. The summed E-state index contributed by atoms with van der Waals surface area (Å²) < 4.78 is 0. The van der Waals surface area contributed by atoms with E-state index in [0.29, 0.717) is 0 Å². The Hall–Kier alpha value is 3.78. The smallest absolute Gasteiger partial charge is 0 e. The molecule has 0 atom stereocenters. The van der Waals surface area contributed by atoms with Gasteiger partial charge in [0.25, 0.3) is 0 Å². The molecular formula is PbTi4. The van der Waals surface area contributed by atoms with Crippen LogP contribution in [0.1, 0.15) is 0 Å². The van der Waals surface area contributed by atoms with Gasteiger partial charge in [-0.3, -0.25) is 0 Å². The van der Waals surface area contributed by atoms with Gasteiger partial charge in [0.15, 0.2) is 0 Å². The fourth-order valence-electron chi connectivity index (χ4n) is 0. The molecule has 0 fully saturated rings. The summed E-state index contributed by atoms with van der Waals surface area (Å²) in [5.41, 5.74) is 0. The summed E-state index contributed by atoms with van der Waals surface area (Å²) in [6.45, 7) is 0. The van der Waals surface area contributed by atoms with Gasteiger partial charge >= 0.3 is 0 Å². The maximum Gasteiger partial charge on any atom is 0 e. The predicted octanol–water partition coefficient (Wildman–Crippen LogP) is -0.391. The zero-order valence-corrected chi connectivity index (χ0v) is 12.6. The van der Waals surface area contributed by atoms with Crippen LogP contribution < -0.4 is 0 Å². The maximum atomic E-state index is 0. The molecule has 0 nitrogen and oxygen atoms in total. The van der Waals surface area contributed by atoms with Crippen molar-refractivity contribution in [2.45, 2.75) is 0 Å². The van der Waals surface area contributed by atoms with Gasteiger partial charge in [-0.05, 0) is 0 Å². The first kappa shape index (κ1) is 37.2. The summed E-state index contributed by atoms with van der Waals surface area (Å²) in [6.07, 6.45) is 0. The van der Waals surface area contributed by atoms with Gasteiger partial charge < -0.3 is 0 Å². The van der Waals surface area contributed by atoms with E-state index in [-0.39, 0.29) is 114 Å². The van der Waals surface area contributed by atoms with Gasteiger partial charge in [0, 0.05) is 114 Å². The van der Waals surface area contributed by atoms with Crippen molar-refractivity contribution in [1.82, 2.24) is 0 Å². The molecule has 0 N–H and O–H groups in total. The molecule has 0 unspecified atom stereocenters. The van der Waals surface area contributed by atoms with E-state index in [1.54, 1.807) is 0 Å². The zero-order chi connectivity index (χ0) is 0. The van der Waals surface area contributed by atoms with Crippen LogP contribution in [0.4, 0.5) is 0 Å². The van der Waals surface area contributed by atoms with E-state index in [1.165, 1.54) is 0 Å². The molecule has 0 rings (SSSR count). The van der Waals surface area contributed by atoms with Crippen molar-refractivity contribution in [3.8, 4) is 0 Å². The first-order valence-corrected chi connectivity index (χ1v) is 0. The average Bonchev–Trinajstić information content (AvgIpc) is 0. The second kappa shape index (κ2) is 25.0. The monoisotopic (exact) mass is 400 g/mol. The molecule has 0 amide bonds. The van der Waals surface area contributed by atoms with Crippen LogP contribution in [-0.4, -0.2) is 27.3 Å². The van der Waals surface area contributed by atoms with Gasteiger partial charge in [-0.25, -0.2) is 0 Å². The van der Waals surface area contributed by atoms with Gasteiger partial charge in [0.2, 0.25) is 0 Å². The molecule has 5 heteroatoms. The molecule has 0 aromatic carbocycles. The fourth-order valence-corrected chi connectivity index (χ4v) is 0. The van der Waals surface area contributed by atoms with Crippen LogP contribution in [0.3, 0.4) is 0 Å². The van der Waals surface area contributed by atoms with Crippen LogP contribution in [-0.2, 0) is 86.9 Å². The maximum absolute atomic E-state index is 0. The molecule has 20 valence electrons. The van der Waals surface area contributed by atoms with Gasteiger partial charge in [0.05, 0.1) is 0 Å². The molecular weight excluding hydrogens is 399 g/mol. The summed E-state index contributed by atoms with van der Waals surface area (Å²) in [6, 6.07) is 0. The van der Waals surface area contributed by atoms with Crippen LogP contribution in [0.2, 0.25) is 0 Å². The Morgan fingerprint density at radius 3 is 0.400 bits per heavy atom. The van der Waals surface area contributed by atoms with E-state index >= 15 is 0 Å². The second-order valence-electron chi connectivity index (χ2n) is 0. The molecule has 0 saturated carbocycles. The van der Waals surface area contributed by atoms with Crippen LogP contribution in [0, 0.1) is 0 Å². The molecule has 0 heterocycles. The SMILES string of the molecule is [Pb].[Ti].[Ti].[Ti].[Ti]. The Bertz CT molecular complexity index is 3.61. The van der Waals surface area contributed by atoms with E-state index < -0.39 is 0 Å². The average molecular weight is 399 g/mol. The fraction of sp³-hybridized carbons (Fsp3) is 0. The van der Waals surface area contributed by atoms with E-state index in [9.17, 15) is 0 Å². The van der Waals surface area contributed by atoms with Gasteiger partial charge in [-0.1, -0.05) is 0 Å². The minimum absolute atomic E-state index is 0. The van der Waals surface area contributed by atoms with Crippen molar-refractivity contribution in [3.05, 3.63) is 0 Å². The Labute approximate surface area is 112 Å². The van der Waals surface area contributed by atoms with Gasteiger partial charge in [0.1, 0.15) is 0 Å². The predicted molar refractivity (Wildman–Crippen MR) is 5.75 cm³/mol. The second-order valence-corrected chi connectivity index (χ2v) is 0. The molecule has 4 radical (unpaired) electrons. The van der Waals surface area contributed by atoms with E-state index in [1.807, 2.05) is 0 Å². The number of hydrogen-bond donors (Lipinski definition) is 0. The van der Waals surface area contributed by atoms with E-state index in [4.69, 9.17) is 0 Å². The van der Waals surface area contributed by atoms with Crippen LogP contribution in [0.15, 0.2) is 0 Å². The van der Waals surface area contributed by atoms with Crippen LogP contribution in [0.25, 0.3) is 0 Å². The molecule has 0 bridgehead atoms. The van der Waals surface area contributed by atoms with Crippen LogP contribution >= 0.6 is 0 Å². The zero-order valence-electron chi connectivity index (χ0n) is 2.50. The first-order chi connectivity index (χ1) is 0. The van der Waals surface area contributed by atoms with Crippen molar-refractivity contribution in [2.24, 2.45) is 0 Å². The molecule has 0 saturated heterocycles. The molecule has 0 aromatic rings. The van der Waals surface area contributed by atoms with Gasteiger partial charge in [-0.2, -0.15) is 0 Å². The Morgan fingerprint density at radius 2 is 0.400 bits per heavy atom. The van der Waals surface area contributed by atoms with Crippen molar-refractivity contribution in [2.75, 3.05) is 0 Å². The Morgan fingerprint density at radius 1 is 0.400 bits per heavy atom. The third kappa shape index (κ3) is 18.2. The third-order valence-electron chi connectivity index (χ3n) is 0. The minimum Gasteiger partial charge on any atom is 0 e. The largest absolute Gasteiger partial charge is 0 e. The van der Waals surface area contributed by atoms with Crippen molar-refractivity contribution >= 4 is 27.3 Å².